The second kappa shape index (κ2) is 7.82. The summed E-state index contributed by atoms with van der Waals surface area (Å²) in [5.41, 5.74) is 2.16. The van der Waals surface area contributed by atoms with E-state index in [1.807, 2.05) is 40.8 Å². The lowest BCUT2D eigenvalue weighted by atomic mass is 10.1. The van der Waals surface area contributed by atoms with Gasteiger partial charge in [0.05, 0.1) is 0 Å². The maximum atomic E-state index is 4.31. The molecule has 0 radical (unpaired) electrons. The largest absolute Gasteiger partial charge is 0.343 e. The summed E-state index contributed by atoms with van der Waals surface area (Å²) in [6, 6.07) is 2.11. The van der Waals surface area contributed by atoms with Gasteiger partial charge in [-0.1, -0.05) is 41.5 Å². The molecule has 0 bridgehead atoms. The molecule has 0 spiro atoms. The molecule has 0 fully saturated rings. The number of hydrogen-bond acceptors (Lipinski definition) is 2. The van der Waals surface area contributed by atoms with Gasteiger partial charge in [0, 0.05) is 17.3 Å². The summed E-state index contributed by atoms with van der Waals surface area (Å²) in [5.74, 6) is 1.32. The van der Waals surface area contributed by atoms with Gasteiger partial charge >= 0.3 is 0 Å². The third-order valence-corrected chi connectivity index (χ3v) is 2.13. The number of hydrogen-bond donors (Lipinski definition) is 1. The van der Waals surface area contributed by atoms with E-state index in [2.05, 4.69) is 34.9 Å². The highest BCUT2D eigenvalue weighted by Gasteiger charge is 2.05. The average molecular weight is 235 g/mol. The van der Waals surface area contributed by atoms with Crippen LogP contribution in [0.5, 0.6) is 0 Å². The second-order valence-electron chi connectivity index (χ2n) is 3.60. The fourth-order valence-corrected chi connectivity index (χ4v) is 1.34. The molecule has 0 unspecified atom stereocenters. The van der Waals surface area contributed by atoms with E-state index in [-0.39, 0.29) is 0 Å². The zero-order valence-corrected chi connectivity index (χ0v) is 12.1. The van der Waals surface area contributed by atoms with E-state index in [4.69, 9.17) is 0 Å². The maximum Gasteiger partial charge on any atom is 0.141 e. The molecule has 3 nitrogen and oxygen atoms in total. The predicted octanol–water partition coefficient (Wildman–Crippen LogP) is 4.44. The Bertz CT molecular complexity index is 430. The number of H-pyrrole nitrogens is 1. The van der Waals surface area contributed by atoms with E-state index in [1.165, 1.54) is 5.69 Å². The standard InChI is InChI=1S/C10H13N3.2C2H6/c1-6(2)9-4-8-5-11-7(3)12-10(8)13-9;2*1-2/h4-6H,1-3H3,(H,11,12,13);2*1-2H3. The molecule has 3 heteroatoms. The van der Waals surface area contributed by atoms with Crippen molar-refractivity contribution in [2.75, 3.05) is 0 Å². The number of aromatic amines is 1. The summed E-state index contributed by atoms with van der Waals surface area (Å²) in [5, 5.41) is 1.09. The van der Waals surface area contributed by atoms with Crippen molar-refractivity contribution < 1.29 is 0 Å². The Morgan fingerprint density at radius 3 is 2.24 bits per heavy atom. The summed E-state index contributed by atoms with van der Waals surface area (Å²) >= 11 is 0. The van der Waals surface area contributed by atoms with Crippen molar-refractivity contribution in [3.8, 4) is 0 Å². The molecule has 2 heterocycles. The summed E-state index contributed by atoms with van der Waals surface area (Å²) in [6.07, 6.45) is 1.86. The number of aromatic nitrogens is 3. The molecule has 0 aliphatic carbocycles. The summed E-state index contributed by atoms with van der Waals surface area (Å²) in [4.78, 5) is 11.7. The molecule has 96 valence electrons. The first-order valence-corrected chi connectivity index (χ1v) is 6.49. The minimum absolute atomic E-state index is 0.509. The molecule has 2 aromatic heterocycles. The number of nitrogens with one attached hydrogen (secondary N) is 1. The third kappa shape index (κ3) is 4.17. The molecule has 1 N–H and O–H groups in total. The van der Waals surface area contributed by atoms with Crippen LogP contribution in [-0.4, -0.2) is 15.0 Å². The SMILES string of the molecule is CC.CC.Cc1ncc2cc(C(C)C)[nH]c2n1. The summed E-state index contributed by atoms with van der Waals surface area (Å²) in [7, 11) is 0. The first-order valence-electron chi connectivity index (χ1n) is 6.49. The lowest BCUT2D eigenvalue weighted by molar-refractivity contribution is 0.835. The van der Waals surface area contributed by atoms with E-state index in [1.54, 1.807) is 0 Å². The fraction of sp³-hybridized carbons (Fsp3) is 0.571. The van der Waals surface area contributed by atoms with Crippen molar-refractivity contribution in [1.29, 1.82) is 0 Å². The molecule has 0 aliphatic rings. The van der Waals surface area contributed by atoms with Crippen LogP contribution in [-0.2, 0) is 0 Å². The molecular weight excluding hydrogens is 210 g/mol. The smallest absolute Gasteiger partial charge is 0.141 e. The van der Waals surface area contributed by atoms with Crippen molar-refractivity contribution in [2.24, 2.45) is 0 Å². The van der Waals surface area contributed by atoms with Crippen LogP contribution in [0.4, 0.5) is 0 Å². The van der Waals surface area contributed by atoms with Gasteiger partial charge in [-0.2, -0.15) is 0 Å². The highest BCUT2D eigenvalue weighted by atomic mass is 14.9. The van der Waals surface area contributed by atoms with Crippen LogP contribution < -0.4 is 0 Å². The van der Waals surface area contributed by atoms with Crippen LogP contribution in [0.15, 0.2) is 12.3 Å². The van der Waals surface area contributed by atoms with E-state index >= 15 is 0 Å². The molecular formula is C14H25N3. The monoisotopic (exact) mass is 235 g/mol. The Balaban J connectivity index is 0.000000581. The van der Waals surface area contributed by atoms with Crippen molar-refractivity contribution in [3.63, 3.8) is 0 Å². The van der Waals surface area contributed by atoms with E-state index in [0.29, 0.717) is 5.92 Å². The number of aryl methyl sites for hydroxylation is 1. The zero-order valence-electron chi connectivity index (χ0n) is 12.1. The Morgan fingerprint density at radius 2 is 1.71 bits per heavy atom. The van der Waals surface area contributed by atoms with Gasteiger partial charge in [-0.3, -0.25) is 0 Å². The van der Waals surface area contributed by atoms with Crippen LogP contribution in [0, 0.1) is 6.92 Å². The Hall–Kier alpha value is -1.38. The summed E-state index contributed by atoms with van der Waals surface area (Å²) < 4.78 is 0. The van der Waals surface area contributed by atoms with Gasteiger partial charge in [-0.25, -0.2) is 9.97 Å². The summed E-state index contributed by atoms with van der Waals surface area (Å²) in [6.45, 7) is 14.2. The molecule has 2 aromatic rings. The lowest BCUT2D eigenvalue weighted by Crippen LogP contribution is -1.87. The predicted molar refractivity (Wildman–Crippen MR) is 75.4 cm³/mol. The second-order valence-corrected chi connectivity index (χ2v) is 3.60. The third-order valence-electron chi connectivity index (χ3n) is 2.13. The van der Waals surface area contributed by atoms with Crippen LogP contribution in [0.2, 0.25) is 0 Å². The maximum absolute atomic E-state index is 4.31. The fourth-order valence-electron chi connectivity index (χ4n) is 1.34. The van der Waals surface area contributed by atoms with Crippen molar-refractivity contribution in [3.05, 3.63) is 23.8 Å². The van der Waals surface area contributed by atoms with Gasteiger partial charge in [0.1, 0.15) is 11.5 Å². The van der Waals surface area contributed by atoms with Crippen LogP contribution in [0.3, 0.4) is 0 Å². The molecule has 0 aliphatic heterocycles. The van der Waals surface area contributed by atoms with Gasteiger partial charge in [-0.15, -0.1) is 0 Å². The zero-order chi connectivity index (χ0) is 13.4. The Kier molecular flexibility index (Phi) is 7.19. The first-order chi connectivity index (χ1) is 8.16. The van der Waals surface area contributed by atoms with Gasteiger partial charge in [-0.05, 0) is 18.9 Å². The van der Waals surface area contributed by atoms with Crippen LogP contribution in [0.1, 0.15) is 59.0 Å². The van der Waals surface area contributed by atoms with Crippen molar-refractivity contribution in [2.45, 2.75) is 54.4 Å². The normalized spacial score (nSPS) is 9.41. The lowest BCUT2D eigenvalue weighted by Gasteiger charge is -1.97. The Labute approximate surface area is 105 Å². The molecule has 0 amide bonds. The highest BCUT2D eigenvalue weighted by molar-refractivity contribution is 5.75. The van der Waals surface area contributed by atoms with E-state index < -0.39 is 0 Å². The molecule has 0 saturated carbocycles. The quantitative estimate of drug-likeness (QED) is 0.793. The minimum atomic E-state index is 0.509. The minimum Gasteiger partial charge on any atom is -0.343 e. The van der Waals surface area contributed by atoms with Gasteiger partial charge in [0.15, 0.2) is 0 Å². The molecule has 0 atom stereocenters. The topological polar surface area (TPSA) is 41.6 Å². The van der Waals surface area contributed by atoms with E-state index in [0.717, 1.165) is 16.9 Å². The first kappa shape index (κ1) is 15.6. The molecule has 2 rings (SSSR count). The van der Waals surface area contributed by atoms with Crippen molar-refractivity contribution in [1.82, 2.24) is 15.0 Å². The van der Waals surface area contributed by atoms with Crippen molar-refractivity contribution >= 4 is 11.0 Å². The Morgan fingerprint density at radius 1 is 1.12 bits per heavy atom. The van der Waals surface area contributed by atoms with Crippen LogP contribution in [0.25, 0.3) is 11.0 Å². The molecule has 0 saturated heterocycles. The van der Waals surface area contributed by atoms with Gasteiger partial charge in [0.2, 0.25) is 0 Å². The number of fused-ring (bicyclic) bond motifs is 1. The number of nitrogens with zero attached hydrogens (tertiary/aromatic N) is 2. The highest BCUT2D eigenvalue weighted by Crippen LogP contribution is 2.18. The van der Waals surface area contributed by atoms with Gasteiger partial charge < -0.3 is 4.98 Å². The van der Waals surface area contributed by atoms with Crippen LogP contribution >= 0.6 is 0 Å². The molecule has 17 heavy (non-hydrogen) atoms. The molecule has 0 aromatic carbocycles. The van der Waals surface area contributed by atoms with Gasteiger partial charge in [0.25, 0.3) is 0 Å². The number of rotatable bonds is 1. The average Bonchev–Trinajstić information content (AvgIpc) is 2.77. The van der Waals surface area contributed by atoms with E-state index in [9.17, 15) is 0 Å².